The summed E-state index contributed by atoms with van der Waals surface area (Å²) in [6, 6.07) is 12.2. The van der Waals surface area contributed by atoms with Crippen molar-refractivity contribution in [2.45, 2.75) is 20.5 Å². The second-order valence-electron chi connectivity index (χ2n) is 4.41. The molecule has 0 spiro atoms. The summed E-state index contributed by atoms with van der Waals surface area (Å²) in [5.41, 5.74) is 2.27. The zero-order valence-electron chi connectivity index (χ0n) is 10.9. The fourth-order valence-corrected chi connectivity index (χ4v) is 1.80. The Morgan fingerprint density at radius 1 is 1.21 bits per heavy atom. The van der Waals surface area contributed by atoms with Gasteiger partial charge in [-0.05, 0) is 37.1 Å². The monoisotopic (exact) mass is 258 g/mol. The Morgan fingerprint density at radius 2 is 1.95 bits per heavy atom. The molecule has 0 fully saturated rings. The normalized spacial score (nSPS) is 10.3. The Morgan fingerprint density at radius 3 is 2.58 bits per heavy atom. The van der Waals surface area contributed by atoms with Gasteiger partial charge in [-0.15, -0.1) is 0 Å². The fourth-order valence-electron chi connectivity index (χ4n) is 1.80. The highest BCUT2D eigenvalue weighted by molar-refractivity contribution is 5.94. The summed E-state index contributed by atoms with van der Waals surface area (Å²) >= 11 is 0. The van der Waals surface area contributed by atoms with Crippen LogP contribution in [0.4, 0.5) is 4.39 Å². The van der Waals surface area contributed by atoms with Crippen molar-refractivity contribution in [3.8, 4) is 5.75 Å². The molecule has 2 nitrogen and oxygen atoms in total. The molecule has 19 heavy (non-hydrogen) atoms. The van der Waals surface area contributed by atoms with E-state index in [1.165, 1.54) is 19.1 Å². The third-order valence-corrected chi connectivity index (χ3v) is 2.98. The zero-order chi connectivity index (χ0) is 13.8. The van der Waals surface area contributed by atoms with Crippen molar-refractivity contribution >= 4 is 5.78 Å². The van der Waals surface area contributed by atoms with Gasteiger partial charge in [-0.1, -0.05) is 24.3 Å². The maximum atomic E-state index is 13.6. The van der Waals surface area contributed by atoms with E-state index in [1.54, 1.807) is 6.07 Å². The Balaban J connectivity index is 2.11. The first kappa shape index (κ1) is 13.3. The number of hydrogen-bond donors (Lipinski definition) is 0. The van der Waals surface area contributed by atoms with Crippen LogP contribution in [0.25, 0.3) is 0 Å². The van der Waals surface area contributed by atoms with E-state index in [0.29, 0.717) is 12.4 Å². The molecular formula is C16H15FO2. The minimum atomic E-state index is -0.546. The van der Waals surface area contributed by atoms with Crippen molar-refractivity contribution in [3.63, 3.8) is 0 Å². The first-order valence-electron chi connectivity index (χ1n) is 6.05. The average molecular weight is 258 g/mol. The standard InChI is InChI=1S/C16H15FO2/c1-11-5-3-4-6-13(11)10-19-14-7-8-15(12(2)18)16(17)9-14/h3-9H,10H2,1-2H3. The molecule has 2 aromatic rings. The van der Waals surface area contributed by atoms with Crippen molar-refractivity contribution in [3.05, 3.63) is 65.0 Å². The molecule has 0 radical (unpaired) electrons. The average Bonchev–Trinajstić information content (AvgIpc) is 2.37. The van der Waals surface area contributed by atoms with E-state index in [4.69, 9.17) is 4.74 Å². The third kappa shape index (κ3) is 3.19. The largest absolute Gasteiger partial charge is 0.489 e. The smallest absolute Gasteiger partial charge is 0.162 e. The first-order chi connectivity index (χ1) is 9.08. The van der Waals surface area contributed by atoms with Gasteiger partial charge >= 0.3 is 0 Å². The van der Waals surface area contributed by atoms with Gasteiger partial charge in [0.1, 0.15) is 18.2 Å². The molecule has 0 unspecified atom stereocenters. The molecule has 0 aliphatic rings. The van der Waals surface area contributed by atoms with Gasteiger partial charge in [-0.25, -0.2) is 4.39 Å². The van der Waals surface area contributed by atoms with Crippen molar-refractivity contribution < 1.29 is 13.9 Å². The summed E-state index contributed by atoms with van der Waals surface area (Å²) in [7, 11) is 0. The van der Waals surface area contributed by atoms with Gasteiger partial charge in [0.25, 0.3) is 0 Å². The molecule has 0 N–H and O–H groups in total. The van der Waals surface area contributed by atoms with Gasteiger partial charge in [0.2, 0.25) is 0 Å². The predicted octanol–water partition coefficient (Wildman–Crippen LogP) is 3.92. The Hall–Kier alpha value is -2.16. The van der Waals surface area contributed by atoms with Crippen LogP contribution in [0.1, 0.15) is 28.4 Å². The molecule has 0 heterocycles. The van der Waals surface area contributed by atoms with Crippen LogP contribution in [-0.2, 0) is 6.61 Å². The number of carbonyl (C=O) groups is 1. The third-order valence-electron chi connectivity index (χ3n) is 2.98. The van der Waals surface area contributed by atoms with Gasteiger partial charge in [-0.2, -0.15) is 0 Å². The van der Waals surface area contributed by atoms with E-state index in [1.807, 2.05) is 31.2 Å². The van der Waals surface area contributed by atoms with Crippen molar-refractivity contribution in [1.29, 1.82) is 0 Å². The molecule has 2 aromatic carbocycles. The second kappa shape index (κ2) is 5.65. The lowest BCUT2D eigenvalue weighted by Gasteiger charge is -2.09. The van der Waals surface area contributed by atoms with Crippen molar-refractivity contribution in [2.24, 2.45) is 0 Å². The minimum absolute atomic E-state index is 0.0863. The molecule has 2 rings (SSSR count). The number of rotatable bonds is 4. The van der Waals surface area contributed by atoms with Crippen molar-refractivity contribution in [2.75, 3.05) is 0 Å². The number of hydrogen-bond acceptors (Lipinski definition) is 2. The van der Waals surface area contributed by atoms with Gasteiger partial charge in [0.15, 0.2) is 5.78 Å². The van der Waals surface area contributed by atoms with E-state index in [2.05, 4.69) is 0 Å². The molecule has 0 saturated carbocycles. The number of carbonyl (C=O) groups excluding carboxylic acids is 1. The zero-order valence-corrected chi connectivity index (χ0v) is 10.9. The SMILES string of the molecule is CC(=O)c1ccc(OCc2ccccc2C)cc1F. The molecule has 98 valence electrons. The highest BCUT2D eigenvalue weighted by atomic mass is 19.1. The summed E-state index contributed by atoms with van der Waals surface area (Å²) in [6.07, 6.45) is 0. The summed E-state index contributed by atoms with van der Waals surface area (Å²) in [5.74, 6) is -0.413. The summed E-state index contributed by atoms with van der Waals surface area (Å²) in [6.45, 7) is 3.72. The van der Waals surface area contributed by atoms with E-state index in [0.717, 1.165) is 11.1 Å². The molecule has 0 bridgehead atoms. The topological polar surface area (TPSA) is 26.3 Å². The lowest BCUT2D eigenvalue weighted by molar-refractivity contribution is 0.101. The summed E-state index contributed by atoms with van der Waals surface area (Å²) < 4.78 is 19.1. The van der Waals surface area contributed by atoms with E-state index in [-0.39, 0.29) is 11.3 Å². The number of Topliss-reactive ketones (excluding diaryl/α,β-unsaturated/α-hetero) is 1. The predicted molar refractivity (Wildman–Crippen MR) is 71.9 cm³/mol. The van der Waals surface area contributed by atoms with Gasteiger partial charge < -0.3 is 4.74 Å². The van der Waals surface area contributed by atoms with E-state index >= 15 is 0 Å². The first-order valence-corrected chi connectivity index (χ1v) is 6.05. The highest BCUT2D eigenvalue weighted by Crippen LogP contribution is 2.19. The van der Waals surface area contributed by atoms with Gasteiger partial charge in [0, 0.05) is 6.07 Å². The maximum Gasteiger partial charge on any atom is 0.162 e. The van der Waals surface area contributed by atoms with Crippen LogP contribution in [0, 0.1) is 12.7 Å². The number of halogens is 1. The van der Waals surface area contributed by atoms with Crippen molar-refractivity contribution in [1.82, 2.24) is 0 Å². The van der Waals surface area contributed by atoms with Crippen LogP contribution >= 0.6 is 0 Å². The second-order valence-corrected chi connectivity index (χ2v) is 4.41. The Bertz CT molecular complexity index is 605. The number of ether oxygens (including phenoxy) is 1. The summed E-state index contributed by atoms with van der Waals surface area (Å²) in [5, 5.41) is 0. The van der Waals surface area contributed by atoms with Crippen LogP contribution in [0.5, 0.6) is 5.75 Å². The van der Waals surface area contributed by atoms with Crippen LogP contribution < -0.4 is 4.74 Å². The molecule has 0 aliphatic carbocycles. The van der Waals surface area contributed by atoms with E-state index in [9.17, 15) is 9.18 Å². The van der Waals surface area contributed by atoms with Gasteiger partial charge in [-0.3, -0.25) is 4.79 Å². The van der Waals surface area contributed by atoms with Crippen LogP contribution in [-0.4, -0.2) is 5.78 Å². The molecule has 3 heteroatoms. The molecule has 0 atom stereocenters. The lowest BCUT2D eigenvalue weighted by Crippen LogP contribution is -2.00. The van der Waals surface area contributed by atoms with Crippen LogP contribution in [0.2, 0.25) is 0 Å². The Kier molecular flexibility index (Phi) is 3.95. The quantitative estimate of drug-likeness (QED) is 0.777. The molecule has 0 aromatic heterocycles. The van der Waals surface area contributed by atoms with E-state index < -0.39 is 5.82 Å². The van der Waals surface area contributed by atoms with Crippen LogP contribution in [0.3, 0.4) is 0 Å². The summed E-state index contributed by atoms with van der Waals surface area (Å²) in [4.78, 5) is 11.1. The maximum absolute atomic E-state index is 13.6. The lowest BCUT2D eigenvalue weighted by atomic mass is 10.1. The van der Waals surface area contributed by atoms with Gasteiger partial charge in [0.05, 0.1) is 5.56 Å². The Labute approximate surface area is 111 Å². The number of benzene rings is 2. The molecule has 0 aliphatic heterocycles. The molecule has 0 amide bonds. The highest BCUT2D eigenvalue weighted by Gasteiger charge is 2.08. The van der Waals surface area contributed by atoms with Crippen LogP contribution in [0.15, 0.2) is 42.5 Å². The molecular weight excluding hydrogens is 243 g/mol. The minimum Gasteiger partial charge on any atom is -0.489 e. The molecule has 0 saturated heterocycles. The number of ketones is 1. The fraction of sp³-hybridized carbons (Fsp3) is 0.188. The number of aryl methyl sites for hydroxylation is 1.